The van der Waals surface area contributed by atoms with Crippen molar-refractivity contribution in [2.45, 2.75) is 52.1 Å². The molecule has 1 saturated heterocycles. The minimum absolute atomic E-state index is 0.182. The predicted octanol–water partition coefficient (Wildman–Crippen LogP) is 3.25. The van der Waals surface area contributed by atoms with Crippen molar-refractivity contribution in [2.24, 2.45) is 0 Å². The number of carbonyl (C=O) groups excluding carboxylic acids is 1. The summed E-state index contributed by atoms with van der Waals surface area (Å²) in [5.74, 6) is 0.182. The average Bonchev–Trinajstić information content (AvgIpc) is 3.33. The molecule has 1 aliphatic heterocycles. The molecule has 0 radical (unpaired) electrons. The molecule has 3 heterocycles. The van der Waals surface area contributed by atoms with Crippen molar-refractivity contribution in [1.82, 2.24) is 19.4 Å². The second kappa shape index (κ2) is 7.85. The lowest BCUT2D eigenvalue weighted by Gasteiger charge is -2.38. The molecule has 0 aromatic carbocycles. The van der Waals surface area contributed by atoms with E-state index in [0.717, 1.165) is 54.9 Å². The summed E-state index contributed by atoms with van der Waals surface area (Å²) >= 11 is 0. The maximum absolute atomic E-state index is 13.1. The molecule has 1 aliphatic carbocycles. The molecule has 1 saturated carbocycles. The van der Waals surface area contributed by atoms with Crippen LogP contribution >= 0.6 is 0 Å². The summed E-state index contributed by atoms with van der Waals surface area (Å²) in [4.78, 5) is 22.2. The molecule has 1 amide bonds. The third-order valence-corrected chi connectivity index (χ3v) is 6.29. The fourth-order valence-corrected chi connectivity index (χ4v) is 4.64. The number of piperazine rings is 1. The summed E-state index contributed by atoms with van der Waals surface area (Å²) in [7, 11) is 0. The Morgan fingerprint density at radius 1 is 1.11 bits per heavy atom. The van der Waals surface area contributed by atoms with E-state index in [-0.39, 0.29) is 5.91 Å². The summed E-state index contributed by atoms with van der Waals surface area (Å²) in [6, 6.07) is 8.77. The van der Waals surface area contributed by atoms with Gasteiger partial charge in [0.25, 0.3) is 5.91 Å². The number of rotatable bonds is 4. The normalized spacial score (nSPS) is 19.0. The zero-order valence-corrected chi connectivity index (χ0v) is 16.5. The lowest BCUT2D eigenvalue weighted by Crippen LogP contribution is -2.51. The first-order valence-electron chi connectivity index (χ1n) is 10.2. The number of nitrogens with zero attached hydrogens (tertiary/aromatic N) is 4. The summed E-state index contributed by atoms with van der Waals surface area (Å²) in [5.41, 5.74) is 4.02. The van der Waals surface area contributed by atoms with E-state index in [4.69, 9.17) is 0 Å². The smallest absolute Gasteiger partial charge is 0.255 e. The largest absolute Gasteiger partial charge is 0.342 e. The van der Waals surface area contributed by atoms with Gasteiger partial charge in [-0.1, -0.05) is 18.9 Å². The molecular weight excluding hydrogens is 336 g/mol. The van der Waals surface area contributed by atoms with E-state index in [1.54, 1.807) is 0 Å². The molecule has 0 unspecified atom stereocenters. The van der Waals surface area contributed by atoms with Gasteiger partial charge in [-0.2, -0.15) is 0 Å². The zero-order chi connectivity index (χ0) is 18.8. The van der Waals surface area contributed by atoms with Crippen LogP contribution in [-0.4, -0.2) is 57.5 Å². The Hall–Kier alpha value is -2.14. The first-order chi connectivity index (χ1) is 13.1. The van der Waals surface area contributed by atoms with Gasteiger partial charge in [-0.3, -0.25) is 14.7 Å². The first kappa shape index (κ1) is 18.2. The molecule has 27 heavy (non-hydrogen) atoms. The maximum Gasteiger partial charge on any atom is 0.255 e. The zero-order valence-electron chi connectivity index (χ0n) is 16.5. The Balaban J connectivity index is 1.44. The highest BCUT2D eigenvalue weighted by Gasteiger charge is 2.29. The highest BCUT2D eigenvalue weighted by molar-refractivity contribution is 5.95. The molecule has 2 aromatic rings. The van der Waals surface area contributed by atoms with E-state index in [1.165, 1.54) is 25.7 Å². The van der Waals surface area contributed by atoms with Gasteiger partial charge in [-0.15, -0.1) is 0 Å². The molecule has 0 N–H and O–H groups in total. The van der Waals surface area contributed by atoms with Crippen LogP contribution < -0.4 is 0 Å². The Kier molecular flexibility index (Phi) is 5.30. The minimum Gasteiger partial charge on any atom is -0.342 e. The van der Waals surface area contributed by atoms with Gasteiger partial charge >= 0.3 is 0 Å². The van der Waals surface area contributed by atoms with Crippen molar-refractivity contribution in [3.8, 4) is 0 Å². The van der Waals surface area contributed by atoms with Crippen LogP contribution in [0.1, 0.15) is 53.1 Å². The van der Waals surface area contributed by atoms with Crippen LogP contribution in [0.3, 0.4) is 0 Å². The highest BCUT2D eigenvalue weighted by atomic mass is 16.2. The van der Waals surface area contributed by atoms with Gasteiger partial charge in [0.15, 0.2) is 0 Å². The number of carbonyl (C=O) groups is 1. The van der Waals surface area contributed by atoms with Gasteiger partial charge in [0.1, 0.15) is 0 Å². The van der Waals surface area contributed by atoms with Crippen LogP contribution in [0.4, 0.5) is 0 Å². The van der Waals surface area contributed by atoms with E-state index in [9.17, 15) is 4.79 Å². The van der Waals surface area contributed by atoms with Crippen LogP contribution in [0, 0.1) is 13.8 Å². The SMILES string of the molecule is Cc1cc(C(=O)N2CCN(C3CCCC3)CC2)c(C)n1Cc1ccccn1. The van der Waals surface area contributed by atoms with Gasteiger partial charge in [0.2, 0.25) is 0 Å². The Morgan fingerprint density at radius 3 is 2.52 bits per heavy atom. The van der Waals surface area contributed by atoms with Crippen LogP contribution in [0.15, 0.2) is 30.5 Å². The van der Waals surface area contributed by atoms with Gasteiger partial charge in [-0.05, 0) is 44.9 Å². The van der Waals surface area contributed by atoms with E-state index in [1.807, 2.05) is 35.4 Å². The number of amides is 1. The Labute approximate surface area is 162 Å². The maximum atomic E-state index is 13.1. The van der Waals surface area contributed by atoms with E-state index >= 15 is 0 Å². The molecule has 4 rings (SSSR count). The monoisotopic (exact) mass is 366 g/mol. The van der Waals surface area contributed by atoms with Crippen molar-refractivity contribution in [1.29, 1.82) is 0 Å². The lowest BCUT2D eigenvalue weighted by atomic mass is 10.1. The van der Waals surface area contributed by atoms with Gasteiger partial charge in [0, 0.05) is 49.8 Å². The predicted molar refractivity (Wildman–Crippen MR) is 107 cm³/mol. The summed E-state index contributed by atoms with van der Waals surface area (Å²) in [6.07, 6.45) is 7.22. The number of aryl methyl sites for hydroxylation is 1. The molecule has 144 valence electrons. The van der Waals surface area contributed by atoms with E-state index in [2.05, 4.69) is 28.3 Å². The molecule has 0 spiro atoms. The summed E-state index contributed by atoms with van der Waals surface area (Å²) in [6.45, 7) is 8.56. The number of aromatic nitrogens is 2. The minimum atomic E-state index is 0.182. The Morgan fingerprint density at radius 2 is 1.85 bits per heavy atom. The van der Waals surface area contributed by atoms with Gasteiger partial charge < -0.3 is 9.47 Å². The fraction of sp³-hybridized carbons (Fsp3) is 0.545. The number of hydrogen-bond acceptors (Lipinski definition) is 3. The van der Waals surface area contributed by atoms with Gasteiger partial charge in [-0.25, -0.2) is 0 Å². The van der Waals surface area contributed by atoms with E-state index < -0.39 is 0 Å². The molecule has 2 aliphatic rings. The highest BCUT2D eigenvalue weighted by Crippen LogP contribution is 2.25. The van der Waals surface area contributed by atoms with Crippen molar-refractivity contribution < 1.29 is 4.79 Å². The molecule has 0 bridgehead atoms. The number of pyridine rings is 1. The van der Waals surface area contributed by atoms with Crippen LogP contribution in [0.5, 0.6) is 0 Å². The van der Waals surface area contributed by atoms with Crippen LogP contribution in [0.25, 0.3) is 0 Å². The topological polar surface area (TPSA) is 41.4 Å². The lowest BCUT2D eigenvalue weighted by molar-refractivity contribution is 0.0572. The summed E-state index contributed by atoms with van der Waals surface area (Å²) < 4.78 is 2.20. The summed E-state index contributed by atoms with van der Waals surface area (Å²) in [5, 5.41) is 0. The molecule has 2 aromatic heterocycles. The molecule has 5 nitrogen and oxygen atoms in total. The quantitative estimate of drug-likeness (QED) is 0.834. The second-order valence-electron chi connectivity index (χ2n) is 7.96. The van der Waals surface area contributed by atoms with Crippen molar-refractivity contribution in [2.75, 3.05) is 26.2 Å². The molecule has 5 heteroatoms. The third kappa shape index (κ3) is 3.79. The van der Waals surface area contributed by atoms with E-state index in [0.29, 0.717) is 6.54 Å². The van der Waals surface area contributed by atoms with Crippen LogP contribution in [0.2, 0.25) is 0 Å². The van der Waals surface area contributed by atoms with Crippen LogP contribution in [-0.2, 0) is 6.54 Å². The fourth-order valence-electron chi connectivity index (χ4n) is 4.64. The average molecular weight is 367 g/mol. The second-order valence-corrected chi connectivity index (χ2v) is 7.96. The molecular formula is C22H30N4O. The first-order valence-corrected chi connectivity index (χ1v) is 10.2. The Bertz CT molecular complexity index is 784. The molecule has 2 fully saturated rings. The van der Waals surface area contributed by atoms with Crippen molar-refractivity contribution in [3.63, 3.8) is 0 Å². The number of hydrogen-bond donors (Lipinski definition) is 0. The van der Waals surface area contributed by atoms with Gasteiger partial charge in [0.05, 0.1) is 17.8 Å². The van der Waals surface area contributed by atoms with Crippen molar-refractivity contribution >= 4 is 5.91 Å². The third-order valence-electron chi connectivity index (χ3n) is 6.29. The standard InChI is InChI=1S/C22H30N4O/c1-17-15-21(18(2)26(17)16-19-7-5-6-10-23-19)22(27)25-13-11-24(12-14-25)20-8-3-4-9-20/h5-7,10,15,20H,3-4,8-9,11-14,16H2,1-2H3. The van der Waals surface area contributed by atoms with Crippen molar-refractivity contribution in [3.05, 3.63) is 53.1 Å². The molecule has 0 atom stereocenters.